The second-order valence-corrected chi connectivity index (χ2v) is 6.50. The van der Waals surface area contributed by atoms with Gasteiger partial charge in [0.25, 0.3) is 5.89 Å². The van der Waals surface area contributed by atoms with Gasteiger partial charge in [0.05, 0.1) is 12.5 Å². The first kappa shape index (κ1) is 15.0. The fraction of sp³-hybridized carbons (Fsp3) is 0.0625. The maximum absolute atomic E-state index is 5.89. The number of furan rings is 1. The van der Waals surface area contributed by atoms with Crippen molar-refractivity contribution in [3.8, 4) is 23.2 Å². The molecule has 0 aliphatic carbocycles. The van der Waals surface area contributed by atoms with Gasteiger partial charge in [0.1, 0.15) is 5.69 Å². The Hall–Kier alpha value is -2.51. The molecule has 0 saturated carbocycles. The van der Waals surface area contributed by atoms with E-state index in [4.69, 9.17) is 20.5 Å². The molecule has 1 aromatic carbocycles. The zero-order valence-corrected chi connectivity index (χ0v) is 14.1. The number of aromatic nitrogens is 4. The van der Waals surface area contributed by atoms with Crippen LogP contribution in [0.1, 0.15) is 0 Å². The number of aryl methyl sites for hydroxylation is 1. The lowest BCUT2D eigenvalue weighted by molar-refractivity contribution is 0.404. The zero-order chi connectivity index (χ0) is 16.5. The molecular weight excluding hydrogens is 348 g/mol. The molecule has 0 fully saturated rings. The Morgan fingerprint density at radius 1 is 1.12 bits per heavy atom. The molecule has 24 heavy (non-hydrogen) atoms. The van der Waals surface area contributed by atoms with Crippen molar-refractivity contribution in [3.05, 3.63) is 53.9 Å². The third-order valence-corrected chi connectivity index (χ3v) is 4.48. The van der Waals surface area contributed by atoms with Gasteiger partial charge in [0.15, 0.2) is 10.9 Å². The first-order valence-electron chi connectivity index (χ1n) is 7.03. The van der Waals surface area contributed by atoms with Gasteiger partial charge in [-0.1, -0.05) is 28.5 Å². The molecule has 0 aliphatic rings. The molecule has 3 heterocycles. The third kappa shape index (κ3) is 2.95. The quantitative estimate of drug-likeness (QED) is 0.533. The van der Waals surface area contributed by atoms with Crippen molar-refractivity contribution in [2.45, 2.75) is 9.99 Å². The van der Waals surface area contributed by atoms with Gasteiger partial charge in [-0.2, -0.15) is 4.98 Å². The van der Waals surface area contributed by atoms with Crippen molar-refractivity contribution >= 4 is 23.4 Å². The minimum absolute atomic E-state index is 0.328. The van der Waals surface area contributed by atoms with E-state index < -0.39 is 0 Å². The van der Waals surface area contributed by atoms with E-state index in [1.165, 1.54) is 11.8 Å². The Kier molecular flexibility index (Phi) is 3.87. The molecule has 3 aromatic heterocycles. The number of halogens is 1. The Morgan fingerprint density at radius 2 is 1.96 bits per heavy atom. The molecule has 0 atom stereocenters. The minimum Gasteiger partial charge on any atom is -0.444 e. The van der Waals surface area contributed by atoms with E-state index in [0.29, 0.717) is 22.5 Å². The van der Waals surface area contributed by atoms with Crippen molar-refractivity contribution in [1.29, 1.82) is 0 Å². The molecule has 120 valence electrons. The van der Waals surface area contributed by atoms with E-state index in [-0.39, 0.29) is 0 Å². The van der Waals surface area contributed by atoms with Crippen LogP contribution in [0.15, 0.2) is 67.9 Å². The average Bonchev–Trinajstić information content (AvgIpc) is 3.29. The molecule has 4 aromatic rings. The smallest absolute Gasteiger partial charge is 0.294 e. The summed E-state index contributed by atoms with van der Waals surface area (Å²) < 4.78 is 12.9. The number of nitrogens with zero attached hydrogens (tertiary/aromatic N) is 4. The van der Waals surface area contributed by atoms with Crippen molar-refractivity contribution in [1.82, 2.24) is 19.7 Å². The Morgan fingerprint density at radius 3 is 2.71 bits per heavy atom. The van der Waals surface area contributed by atoms with Gasteiger partial charge in [0.2, 0.25) is 5.82 Å². The fourth-order valence-corrected chi connectivity index (χ4v) is 3.01. The summed E-state index contributed by atoms with van der Waals surface area (Å²) >= 11 is 7.38. The van der Waals surface area contributed by atoms with E-state index >= 15 is 0 Å². The molecule has 4 rings (SSSR count). The van der Waals surface area contributed by atoms with Gasteiger partial charge in [-0.05, 0) is 36.4 Å². The number of imidazole rings is 1. The van der Waals surface area contributed by atoms with E-state index in [2.05, 4.69) is 15.1 Å². The Labute approximate surface area is 146 Å². The summed E-state index contributed by atoms with van der Waals surface area (Å²) in [6.45, 7) is 0. The molecule has 0 radical (unpaired) electrons. The zero-order valence-electron chi connectivity index (χ0n) is 12.5. The normalized spacial score (nSPS) is 11.1. The van der Waals surface area contributed by atoms with Crippen LogP contribution in [0.25, 0.3) is 23.2 Å². The summed E-state index contributed by atoms with van der Waals surface area (Å²) in [5.74, 6) is 1.31. The van der Waals surface area contributed by atoms with E-state index in [1.54, 1.807) is 18.6 Å². The lowest BCUT2D eigenvalue weighted by Crippen LogP contribution is -1.90. The molecule has 0 aliphatic heterocycles. The first-order valence-corrected chi connectivity index (χ1v) is 8.22. The van der Waals surface area contributed by atoms with Gasteiger partial charge in [0, 0.05) is 17.0 Å². The van der Waals surface area contributed by atoms with Gasteiger partial charge >= 0.3 is 0 Å². The Bertz CT molecular complexity index is 974. The van der Waals surface area contributed by atoms with E-state index in [1.807, 2.05) is 41.9 Å². The summed E-state index contributed by atoms with van der Waals surface area (Å²) in [6.07, 6.45) is 3.36. The highest BCUT2D eigenvalue weighted by Crippen LogP contribution is 2.33. The molecular formula is C16H11ClN4O2S. The van der Waals surface area contributed by atoms with Crippen molar-refractivity contribution in [2.75, 3.05) is 0 Å². The van der Waals surface area contributed by atoms with Crippen LogP contribution in [0.2, 0.25) is 5.02 Å². The van der Waals surface area contributed by atoms with Crippen LogP contribution in [0, 0.1) is 0 Å². The fourth-order valence-electron chi connectivity index (χ4n) is 2.11. The third-order valence-electron chi connectivity index (χ3n) is 3.30. The number of rotatable bonds is 4. The monoisotopic (exact) mass is 358 g/mol. The number of hydrogen-bond donors (Lipinski definition) is 0. The molecule has 6 nitrogen and oxygen atoms in total. The van der Waals surface area contributed by atoms with Crippen LogP contribution in [-0.4, -0.2) is 19.7 Å². The lowest BCUT2D eigenvalue weighted by Gasteiger charge is -1.97. The molecule has 0 amide bonds. The highest BCUT2D eigenvalue weighted by molar-refractivity contribution is 7.99. The second kappa shape index (κ2) is 6.18. The van der Waals surface area contributed by atoms with Crippen molar-refractivity contribution in [3.63, 3.8) is 0 Å². The molecule has 0 unspecified atom stereocenters. The minimum atomic E-state index is 0.328. The van der Waals surface area contributed by atoms with E-state index in [9.17, 15) is 0 Å². The summed E-state index contributed by atoms with van der Waals surface area (Å²) in [7, 11) is 1.87. The largest absolute Gasteiger partial charge is 0.444 e. The summed E-state index contributed by atoms with van der Waals surface area (Å²) in [5.41, 5.74) is 0.771. The van der Waals surface area contributed by atoms with Gasteiger partial charge in [-0.15, -0.1) is 0 Å². The van der Waals surface area contributed by atoms with Crippen LogP contribution in [0.5, 0.6) is 0 Å². The second-order valence-electron chi connectivity index (χ2n) is 4.99. The van der Waals surface area contributed by atoms with Crippen LogP contribution in [-0.2, 0) is 7.05 Å². The van der Waals surface area contributed by atoms with Crippen molar-refractivity contribution in [2.24, 2.45) is 7.05 Å². The molecule has 0 spiro atoms. The van der Waals surface area contributed by atoms with E-state index in [0.717, 1.165) is 15.7 Å². The molecule has 0 bridgehead atoms. The molecule has 0 N–H and O–H groups in total. The number of benzene rings is 1. The van der Waals surface area contributed by atoms with Crippen LogP contribution >= 0.6 is 23.4 Å². The van der Waals surface area contributed by atoms with Crippen LogP contribution in [0.4, 0.5) is 0 Å². The Balaban J connectivity index is 1.56. The average molecular weight is 359 g/mol. The predicted octanol–water partition coefficient (Wildman–Crippen LogP) is 4.53. The highest BCUT2D eigenvalue weighted by atomic mass is 35.5. The summed E-state index contributed by atoms with van der Waals surface area (Å²) in [6, 6.07) is 11.2. The first-order chi connectivity index (χ1) is 11.7. The lowest BCUT2D eigenvalue weighted by atomic mass is 10.4. The topological polar surface area (TPSA) is 69.9 Å². The van der Waals surface area contributed by atoms with Gasteiger partial charge < -0.3 is 13.5 Å². The van der Waals surface area contributed by atoms with Gasteiger partial charge in [-0.25, -0.2) is 4.98 Å². The summed E-state index contributed by atoms with van der Waals surface area (Å²) in [4.78, 5) is 9.43. The SMILES string of the molecule is Cn1cncc1-c1noc(-c2ccc(Sc3ccc(Cl)cc3)o2)n1. The maximum Gasteiger partial charge on any atom is 0.294 e. The summed E-state index contributed by atoms with van der Waals surface area (Å²) in [5, 5.41) is 5.40. The molecule has 8 heteroatoms. The van der Waals surface area contributed by atoms with Crippen molar-refractivity contribution < 1.29 is 8.94 Å². The predicted molar refractivity (Wildman–Crippen MR) is 89.8 cm³/mol. The van der Waals surface area contributed by atoms with Crippen LogP contribution < -0.4 is 0 Å². The van der Waals surface area contributed by atoms with Gasteiger partial charge in [-0.3, -0.25) is 0 Å². The number of hydrogen-bond acceptors (Lipinski definition) is 6. The highest BCUT2D eigenvalue weighted by Gasteiger charge is 2.16. The van der Waals surface area contributed by atoms with Crippen LogP contribution in [0.3, 0.4) is 0 Å². The molecule has 0 saturated heterocycles. The maximum atomic E-state index is 5.89. The standard InChI is InChI=1S/C16H11ClN4O2S/c1-21-9-18-8-12(21)15-19-16(23-20-15)13-6-7-14(22-13)24-11-4-2-10(17)3-5-11/h2-9H,1H3.